The van der Waals surface area contributed by atoms with Crippen LogP contribution in [0.4, 0.5) is 0 Å². The number of carboxylic acids is 1. The second-order valence-electron chi connectivity index (χ2n) is 5.05. The molecule has 1 fully saturated rings. The van der Waals surface area contributed by atoms with Gasteiger partial charge in [-0.05, 0) is 17.7 Å². The molecule has 2 rings (SSSR count). The lowest BCUT2D eigenvalue weighted by molar-refractivity contribution is -0.0617. The number of hydrogen-bond acceptors (Lipinski definition) is 4. The molecule has 0 radical (unpaired) electrons. The fourth-order valence-corrected chi connectivity index (χ4v) is 2.70. The van der Waals surface area contributed by atoms with Gasteiger partial charge in [0.15, 0.2) is 0 Å². The number of carbonyl (C=O) groups is 1. The van der Waals surface area contributed by atoms with Gasteiger partial charge in [-0.3, -0.25) is 0 Å². The molecule has 0 unspecified atom stereocenters. The number of ether oxygens (including phenoxy) is 1. The van der Waals surface area contributed by atoms with Gasteiger partial charge in [0, 0.05) is 43.6 Å². The molecule has 0 spiro atoms. The van der Waals surface area contributed by atoms with E-state index in [0.29, 0.717) is 39.1 Å². The van der Waals surface area contributed by atoms with Gasteiger partial charge in [0.05, 0.1) is 11.2 Å². The van der Waals surface area contributed by atoms with E-state index in [9.17, 15) is 9.90 Å². The highest BCUT2D eigenvalue weighted by molar-refractivity contribution is 9.10. The Morgan fingerprint density at radius 1 is 1.40 bits per heavy atom. The maximum absolute atomic E-state index is 10.8. The number of aromatic carboxylic acids is 1. The van der Waals surface area contributed by atoms with Crippen LogP contribution in [0, 0.1) is 0 Å². The van der Waals surface area contributed by atoms with Crippen LogP contribution in [0.2, 0.25) is 0 Å². The summed E-state index contributed by atoms with van der Waals surface area (Å²) in [6.07, 6.45) is 1.28. The number of halogens is 1. The summed E-state index contributed by atoms with van der Waals surface area (Å²) in [5.74, 6) is -0.943. The Bertz CT molecular complexity index is 486. The Balaban J connectivity index is 1.89. The van der Waals surface area contributed by atoms with Crippen molar-refractivity contribution in [1.82, 2.24) is 5.32 Å². The second kappa shape index (κ2) is 6.67. The van der Waals surface area contributed by atoms with Crippen LogP contribution in [0.25, 0.3) is 0 Å². The standard InChI is InChI=1S/C14H18BrNO4/c15-12-7-10(13(17)18)1-2-11(12)8-16-9-14(19)3-5-20-6-4-14/h1-2,7,16,19H,3-6,8-9H2,(H,17,18). The quantitative estimate of drug-likeness (QED) is 0.759. The molecule has 3 N–H and O–H groups in total. The maximum Gasteiger partial charge on any atom is 0.335 e. The zero-order chi connectivity index (χ0) is 14.6. The highest BCUT2D eigenvalue weighted by Crippen LogP contribution is 2.21. The summed E-state index contributed by atoms with van der Waals surface area (Å²) in [5.41, 5.74) is 0.514. The predicted octanol–water partition coefficient (Wildman–Crippen LogP) is 1.78. The highest BCUT2D eigenvalue weighted by atomic mass is 79.9. The van der Waals surface area contributed by atoms with Crippen LogP contribution in [-0.4, -0.2) is 41.5 Å². The first-order chi connectivity index (χ1) is 9.50. The first-order valence-electron chi connectivity index (χ1n) is 6.53. The first kappa shape index (κ1) is 15.4. The van der Waals surface area contributed by atoms with Crippen LogP contribution in [0.1, 0.15) is 28.8 Å². The third-order valence-corrected chi connectivity index (χ3v) is 4.23. The molecule has 1 heterocycles. The summed E-state index contributed by atoms with van der Waals surface area (Å²) in [5, 5.41) is 22.4. The Labute approximate surface area is 126 Å². The van der Waals surface area contributed by atoms with E-state index in [1.165, 1.54) is 0 Å². The lowest BCUT2D eigenvalue weighted by Crippen LogP contribution is -2.44. The average Bonchev–Trinajstić information content (AvgIpc) is 2.41. The maximum atomic E-state index is 10.8. The van der Waals surface area contributed by atoms with Crippen molar-refractivity contribution < 1.29 is 19.7 Å². The third kappa shape index (κ3) is 4.02. The van der Waals surface area contributed by atoms with Crippen molar-refractivity contribution in [3.05, 3.63) is 33.8 Å². The molecule has 0 saturated carbocycles. The van der Waals surface area contributed by atoms with Crippen molar-refractivity contribution in [1.29, 1.82) is 0 Å². The van der Waals surface area contributed by atoms with Gasteiger partial charge in [0.1, 0.15) is 0 Å². The number of benzene rings is 1. The Hall–Kier alpha value is -0.950. The molecule has 6 heteroatoms. The molecule has 1 aliphatic heterocycles. The Morgan fingerprint density at radius 3 is 2.70 bits per heavy atom. The minimum atomic E-state index is -0.943. The van der Waals surface area contributed by atoms with Gasteiger partial charge in [-0.2, -0.15) is 0 Å². The van der Waals surface area contributed by atoms with Crippen molar-refractivity contribution in [2.45, 2.75) is 25.0 Å². The number of nitrogens with one attached hydrogen (secondary N) is 1. The van der Waals surface area contributed by atoms with Gasteiger partial charge >= 0.3 is 5.97 Å². The van der Waals surface area contributed by atoms with Crippen LogP contribution in [-0.2, 0) is 11.3 Å². The summed E-state index contributed by atoms with van der Waals surface area (Å²) in [4.78, 5) is 10.8. The van der Waals surface area contributed by atoms with Crippen molar-refractivity contribution in [3.63, 3.8) is 0 Å². The van der Waals surface area contributed by atoms with Gasteiger partial charge in [0.2, 0.25) is 0 Å². The number of rotatable bonds is 5. The fourth-order valence-electron chi connectivity index (χ4n) is 2.18. The van der Waals surface area contributed by atoms with Crippen LogP contribution >= 0.6 is 15.9 Å². The molecule has 1 aliphatic rings. The minimum Gasteiger partial charge on any atom is -0.478 e. The summed E-state index contributed by atoms with van der Waals surface area (Å²) in [6, 6.07) is 4.93. The molecule has 0 aliphatic carbocycles. The van der Waals surface area contributed by atoms with Crippen molar-refractivity contribution in [2.24, 2.45) is 0 Å². The molecule has 110 valence electrons. The highest BCUT2D eigenvalue weighted by Gasteiger charge is 2.29. The largest absolute Gasteiger partial charge is 0.478 e. The van der Waals surface area contributed by atoms with E-state index in [-0.39, 0.29) is 5.56 Å². The predicted molar refractivity (Wildman–Crippen MR) is 77.8 cm³/mol. The van der Waals surface area contributed by atoms with Crippen LogP contribution in [0.3, 0.4) is 0 Å². The molecule has 5 nitrogen and oxygen atoms in total. The first-order valence-corrected chi connectivity index (χ1v) is 7.32. The van der Waals surface area contributed by atoms with E-state index in [2.05, 4.69) is 21.2 Å². The van der Waals surface area contributed by atoms with Gasteiger partial charge in [0.25, 0.3) is 0 Å². The van der Waals surface area contributed by atoms with E-state index in [1.54, 1.807) is 18.2 Å². The second-order valence-corrected chi connectivity index (χ2v) is 5.91. The van der Waals surface area contributed by atoms with Crippen molar-refractivity contribution >= 4 is 21.9 Å². The third-order valence-electron chi connectivity index (χ3n) is 3.49. The summed E-state index contributed by atoms with van der Waals surface area (Å²) in [6.45, 7) is 2.26. The Morgan fingerprint density at radius 2 is 2.10 bits per heavy atom. The van der Waals surface area contributed by atoms with Gasteiger partial charge in [-0.15, -0.1) is 0 Å². The van der Waals surface area contributed by atoms with Crippen LogP contribution < -0.4 is 5.32 Å². The molecular formula is C14H18BrNO4. The monoisotopic (exact) mass is 343 g/mol. The van der Waals surface area contributed by atoms with Crippen LogP contribution in [0.5, 0.6) is 0 Å². The fraction of sp³-hybridized carbons (Fsp3) is 0.500. The number of aliphatic hydroxyl groups is 1. The minimum absolute atomic E-state index is 0.253. The normalized spacial score (nSPS) is 17.9. The van der Waals surface area contributed by atoms with Crippen molar-refractivity contribution in [3.8, 4) is 0 Å². The molecule has 1 aromatic rings. The number of hydrogen-bond donors (Lipinski definition) is 3. The average molecular weight is 344 g/mol. The molecule has 0 bridgehead atoms. The van der Waals surface area contributed by atoms with Crippen LogP contribution in [0.15, 0.2) is 22.7 Å². The van der Waals surface area contributed by atoms with E-state index in [4.69, 9.17) is 9.84 Å². The molecule has 0 amide bonds. The molecule has 0 aromatic heterocycles. The molecule has 20 heavy (non-hydrogen) atoms. The smallest absolute Gasteiger partial charge is 0.335 e. The van der Waals surface area contributed by atoms with Gasteiger partial charge in [-0.25, -0.2) is 4.79 Å². The topological polar surface area (TPSA) is 78.8 Å². The van der Waals surface area contributed by atoms with Gasteiger partial charge < -0.3 is 20.3 Å². The van der Waals surface area contributed by atoms with E-state index >= 15 is 0 Å². The number of carboxylic acid groups (broad SMARTS) is 1. The zero-order valence-corrected chi connectivity index (χ0v) is 12.6. The lowest BCUT2D eigenvalue weighted by atomic mass is 9.94. The van der Waals surface area contributed by atoms with Crippen molar-refractivity contribution in [2.75, 3.05) is 19.8 Å². The molecule has 1 saturated heterocycles. The molecule has 0 atom stereocenters. The molecular weight excluding hydrogens is 326 g/mol. The van der Waals surface area contributed by atoms with E-state index in [1.807, 2.05) is 0 Å². The summed E-state index contributed by atoms with van der Waals surface area (Å²) < 4.78 is 5.99. The zero-order valence-electron chi connectivity index (χ0n) is 11.1. The SMILES string of the molecule is O=C(O)c1ccc(CNCC2(O)CCOCC2)c(Br)c1. The summed E-state index contributed by atoms with van der Waals surface area (Å²) >= 11 is 3.37. The van der Waals surface area contributed by atoms with E-state index < -0.39 is 11.6 Å². The summed E-state index contributed by atoms with van der Waals surface area (Å²) in [7, 11) is 0. The van der Waals surface area contributed by atoms with E-state index in [0.717, 1.165) is 10.0 Å². The van der Waals surface area contributed by atoms with Gasteiger partial charge in [-0.1, -0.05) is 22.0 Å². The Kier molecular flexibility index (Phi) is 5.15. The molecule has 1 aromatic carbocycles. The lowest BCUT2D eigenvalue weighted by Gasteiger charge is -2.32.